The number of hydrogen-bond acceptors (Lipinski definition) is 4. The van der Waals surface area contributed by atoms with E-state index in [4.69, 9.17) is 10.5 Å². The molecule has 20 heavy (non-hydrogen) atoms. The molecule has 1 aromatic rings. The van der Waals surface area contributed by atoms with Gasteiger partial charge in [-0.15, -0.1) is 0 Å². The minimum absolute atomic E-state index is 0.219. The van der Waals surface area contributed by atoms with Crippen molar-refractivity contribution in [1.29, 1.82) is 0 Å². The first kappa shape index (κ1) is 16.1. The lowest BCUT2D eigenvalue weighted by Crippen LogP contribution is -2.24. The van der Waals surface area contributed by atoms with Crippen molar-refractivity contribution in [2.75, 3.05) is 17.7 Å². The van der Waals surface area contributed by atoms with Crippen LogP contribution in [0.3, 0.4) is 0 Å². The molecular weight excluding hydrogens is 273 g/mol. The number of carbonyl (C=O) groups is 1. The predicted molar refractivity (Wildman–Crippen MR) is 70.6 cm³/mol. The number of nitrogens with one attached hydrogen (secondary N) is 1. The highest BCUT2D eigenvalue weighted by molar-refractivity contribution is 5.92. The van der Waals surface area contributed by atoms with E-state index in [0.29, 0.717) is 0 Å². The van der Waals surface area contributed by atoms with Crippen LogP contribution in [0.1, 0.15) is 30.6 Å². The molecule has 0 heterocycles. The monoisotopic (exact) mass is 290 g/mol. The summed E-state index contributed by atoms with van der Waals surface area (Å²) in [5.41, 5.74) is 6.47. The minimum atomic E-state index is -4.26. The molecule has 0 aromatic heterocycles. The molecule has 4 nitrogen and oxygen atoms in total. The molecule has 0 spiro atoms. The summed E-state index contributed by atoms with van der Waals surface area (Å²) in [5.74, 6) is -0.543. The zero-order valence-electron chi connectivity index (χ0n) is 11.3. The Morgan fingerprint density at radius 2 is 2.10 bits per heavy atom. The quantitative estimate of drug-likeness (QED) is 0.645. The molecule has 0 saturated heterocycles. The van der Waals surface area contributed by atoms with Crippen molar-refractivity contribution in [2.24, 2.45) is 0 Å². The van der Waals surface area contributed by atoms with Gasteiger partial charge >= 0.3 is 12.1 Å². The number of ether oxygens (including phenoxy) is 1. The van der Waals surface area contributed by atoms with E-state index in [1.165, 1.54) is 25.1 Å². The number of esters is 1. The Balaban J connectivity index is 2.84. The Morgan fingerprint density at radius 3 is 2.65 bits per heavy atom. The molecule has 0 bridgehead atoms. The molecule has 0 radical (unpaired) electrons. The number of anilines is 2. The third kappa shape index (κ3) is 4.99. The van der Waals surface area contributed by atoms with Gasteiger partial charge in [0, 0.05) is 6.04 Å². The summed E-state index contributed by atoms with van der Waals surface area (Å²) in [6, 6.07) is 3.46. The van der Waals surface area contributed by atoms with Crippen LogP contribution >= 0.6 is 0 Å². The van der Waals surface area contributed by atoms with Gasteiger partial charge in [0.05, 0.1) is 30.0 Å². The number of carbonyl (C=O) groups excluding carboxylic acids is 1. The summed E-state index contributed by atoms with van der Waals surface area (Å²) >= 11 is 0. The number of nitrogen functional groups attached to an aromatic ring is 1. The lowest BCUT2D eigenvalue weighted by molar-refractivity contribution is -0.136. The van der Waals surface area contributed by atoms with Gasteiger partial charge in [-0.2, -0.15) is 13.2 Å². The average Bonchev–Trinajstić information content (AvgIpc) is 2.29. The lowest BCUT2D eigenvalue weighted by Gasteiger charge is -2.18. The SMILES string of the molecule is CCOC(=O)c1ccc(N)c(NC(C)CC(F)(F)F)c1. The highest BCUT2D eigenvalue weighted by Crippen LogP contribution is 2.26. The fourth-order valence-electron chi connectivity index (χ4n) is 1.69. The largest absolute Gasteiger partial charge is 0.462 e. The Morgan fingerprint density at radius 1 is 1.45 bits per heavy atom. The molecule has 1 unspecified atom stereocenters. The average molecular weight is 290 g/mol. The van der Waals surface area contributed by atoms with Gasteiger partial charge in [-0.05, 0) is 32.0 Å². The van der Waals surface area contributed by atoms with Crippen LogP contribution in [0.25, 0.3) is 0 Å². The van der Waals surface area contributed by atoms with E-state index in [1.807, 2.05) is 0 Å². The fourth-order valence-corrected chi connectivity index (χ4v) is 1.69. The predicted octanol–water partition coefficient (Wildman–Crippen LogP) is 3.20. The molecule has 1 aromatic carbocycles. The zero-order valence-corrected chi connectivity index (χ0v) is 11.3. The molecule has 0 aliphatic carbocycles. The topological polar surface area (TPSA) is 64.3 Å². The lowest BCUT2D eigenvalue weighted by atomic mass is 10.1. The zero-order chi connectivity index (χ0) is 15.3. The number of rotatable bonds is 5. The van der Waals surface area contributed by atoms with Crippen LogP contribution in [0.5, 0.6) is 0 Å². The molecule has 0 fully saturated rings. The van der Waals surface area contributed by atoms with Crippen molar-refractivity contribution in [3.05, 3.63) is 23.8 Å². The van der Waals surface area contributed by atoms with Crippen molar-refractivity contribution in [3.8, 4) is 0 Å². The van der Waals surface area contributed by atoms with Crippen molar-refractivity contribution in [1.82, 2.24) is 0 Å². The molecule has 0 aliphatic heterocycles. The van der Waals surface area contributed by atoms with Crippen LogP contribution in [0.15, 0.2) is 18.2 Å². The van der Waals surface area contributed by atoms with Crippen LogP contribution in [0, 0.1) is 0 Å². The van der Waals surface area contributed by atoms with Crippen molar-refractivity contribution in [3.63, 3.8) is 0 Å². The van der Waals surface area contributed by atoms with Gasteiger partial charge in [0.2, 0.25) is 0 Å². The highest BCUT2D eigenvalue weighted by Gasteiger charge is 2.30. The van der Waals surface area contributed by atoms with Crippen molar-refractivity contribution >= 4 is 17.3 Å². The first-order valence-electron chi connectivity index (χ1n) is 6.13. The maximum atomic E-state index is 12.3. The standard InChI is InChI=1S/C13H17F3N2O2/c1-3-20-12(19)9-4-5-10(17)11(6-9)18-8(2)7-13(14,15)16/h4-6,8,18H,3,7,17H2,1-2H3. The molecule has 3 N–H and O–H groups in total. The summed E-state index contributed by atoms with van der Waals surface area (Å²) in [7, 11) is 0. The van der Waals surface area contributed by atoms with Crippen LogP contribution < -0.4 is 11.1 Å². The van der Waals surface area contributed by atoms with Crippen molar-refractivity contribution in [2.45, 2.75) is 32.5 Å². The molecule has 112 valence electrons. The van der Waals surface area contributed by atoms with E-state index in [9.17, 15) is 18.0 Å². The van der Waals surface area contributed by atoms with E-state index in [1.54, 1.807) is 6.92 Å². The second kappa shape index (κ2) is 6.49. The van der Waals surface area contributed by atoms with E-state index < -0.39 is 24.6 Å². The summed E-state index contributed by atoms with van der Waals surface area (Å²) in [6.45, 7) is 3.28. The number of halogens is 3. The molecular formula is C13H17F3N2O2. The first-order valence-corrected chi connectivity index (χ1v) is 6.13. The Kier molecular flexibility index (Phi) is 5.24. The maximum absolute atomic E-state index is 12.3. The van der Waals surface area contributed by atoms with Crippen LogP contribution in [0.4, 0.5) is 24.5 Å². The third-order valence-corrected chi connectivity index (χ3v) is 2.50. The van der Waals surface area contributed by atoms with Gasteiger partial charge < -0.3 is 15.8 Å². The van der Waals surface area contributed by atoms with Gasteiger partial charge in [-0.25, -0.2) is 4.79 Å². The van der Waals surface area contributed by atoms with Crippen LogP contribution in [-0.2, 0) is 4.74 Å². The first-order chi connectivity index (χ1) is 9.23. The normalized spacial score (nSPS) is 12.8. The third-order valence-electron chi connectivity index (χ3n) is 2.50. The molecule has 1 atom stereocenters. The van der Waals surface area contributed by atoms with Gasteiger partial charge in [-0.1, -0.05) is 0 Å². The number of benzene rings is 1. The van der Waals surface area contributed by atoms with Gasteiger partial charge in [-0.3, -0.25) is 0 Å². The Labute approximate surface area is 115 Å². The Bertz CT molecular complexity index is 475. The van der Waals surface area contributed by atoms with Gasteiger partial charge in [0.15, 0.2) is 0 Å². The summed E-state index contributed by atoms with van der Waals surface area (Å²) < 4.78 is 41.6. The van der Waals surface area contributed by atoms with E-state index in [-0.39, 0.29) is 23.5 Å². The van der Waals surface area contributed by atoms with Crippen LogP contribution in [-0.4, -0.2) is 24.8 Å². The van der Waals surface area contributed by atoms with Gasteiger partial charge in [0.1, 0.15) is 0 Å². The second-order valence-corrected chi connectivity index (χ2v) is 4.39. The van der Waals surface area contributed by atoms with Gasteiger partial charge in [0.25, 0.3) is 0 Å². The maximum Gasteiger partial charge on any atom is 0.391 e. The fraction of sp³-hybridized carbons (Fsp3) is 0.462. The second-order valence-electron chi connectivity index (χ2n) is 4.39. The van der Waals surface area contributed by atoms with Crippen LogP contribution in [0.2, 0.25) is 0 Å². The molecule has 0 saturated carbocycles. The number of hydrogen-bond donors (Lipinski definition) is 2. The van der Waals surface area contributed by atoms with E-state index >= 15 is 0 Å². The summed E-state index contributed by atoms with van der Waals surface area (Å²) in [6.07, 6.45) is -5.25. The summed E-state index contributed by atoms with van der Waals surface area (Å²) in [4.78, 5) is 11.6. The van der Waals surface area contributed by atoms with E-state index in [2.05, 4.69) is 5.32 Å². The molecule has 1 rings (SSSR count). The van der Waals surface area contributed by atoms with E-state index in [0.717, 1.165) is 0 Å². The molecule has 0 aliphatic rings. The molecule has 0 amide bonds. The number of alkyl halides is 3. The highest BCUT2D eigenvalue weighted by atomic mass is 19.4. The number of nitrogens with two attached hydrogens (primary N) is 1. The Hall–Kier alpha value is -1.92. The minimum Gasteiger partial charge on any atom is -0.462 e. The summed E-state index contributed by atoms with van der Waals surface area (Å²) in [5, 5.41) is 2.65. The molecule has 7 heteroatoms. The van der Waals surface area contributed by atoms with Crippen molar-refractivity contribution < 1.29 is 22.7 Å². The smallest absolute Gasteiger partial charge is 0.391 e.